The SMILES string of the molecule is Cc1cccc(-c2nc(CC(=O)NCCCN3CCCCC3)cs2)c1. The molecule has 0 saturated carbocycles. The Morgan fingerprint density at radius 3 is 2.92 bits per heavy atom. The van der Waals surface area contributed by atoms with Crippen LogP contribution in [0.5, 0.6) is 0 Å². The number of carbonyl (C=O) groups excluding carboxylic acids is 1. The average molecular weight is 358 g/mol. The predicted octanol–water partition coefficient (Wildman–Crippen LogP) is 3.65. The molecule has 25 heavy (non-hydrogen) atoms. The molecule has 134 valence electrons. The highest BCUT2D eigenvalue weighted by molar-refractivity contribution is 7.13. The molecule has 4 nitrogen and oxygen atoms in total. The van der Waals surface area contributed by atoms with E-state index in [2.05, 4.69) is 40.3 Å². The van der Waals surface area contributed by atoms with Crippen molar-refractivity contribution in [1.29, 1.82) is 0 Å². The van der Waals surface area contributed by atoms with E-state index in [1.54, 1.807) is 11.3 Å². The molecule has 0 bridgehead atoms. The van der Waals surface area contributed by atoms with Gasteiger partial charge in [-0.3, -0.25) is 4.79 Å². The maximum Gasteiger partial charge on any atom is 0.226 e. The summed E-state index contributed by atoms with van der Waals surface area (Å²) in [6, 6.07) is 8.32. The molecule has 0 atom stereocenters. The van der Waals surface area contributed by atoms with Crippen molar-refractivity contribution in [3.63, 3.8) is 0 Å². The number of aromatic nitrogens is 1. The van der Waals surface area contributed by atoms with Crippen LogP contribution in [0.15, 0.2) is 29.6 Å². The second-order valence-corrected chi connectivity index (χ2v) is 7.65. The largest absolute Gasteiger partial charge is 0.356 e. The van der Waals surface area contributed by atoms with E-state index >= 15 is 0 Å². The molecule has 0 unspecified atom stereocenters. The lowest BCUT2D eigenvalue weighted by Crippen LogP contribution is -2.33. The fourth-order valence-electron chi connectivity index (χ4n) is 3.24. The smallest absolute Gasteiger partial charge is 0.226 e. The fourth-order valence-corrected chi connectivity index (χ4v) is 4.06. The second kappa shape index (κ2) is 9.11. The Bertz CT molecular complexity index is 692. The second-order valence-electron chi connectivity index (χ2n) is 6.80. The van der Waals surface area contributed by atoms with Gasteiger partial charge < -0.3 is 10.2 Å². The Morgan fingerprint density at radius 1 is 1.28 bits per heavy atom. The third-order valence-corrected chi connectivity index (χ3v) is 5.52. The quantitative estimate of drug-likeness (QED) is 0.769. The number of benzene rings is 1. The zero-order chi connectivity index (χ0) is 17.5. The van der Waals surface area contributed by atoms with Gasteiger partial charge in [-0.05, 0) is 51.9 Å². The van der Waals surface area contributed by atoms with Crippen LogP contribution in [0.3, 0.4) is 0 Å². The van der Waals surface area contributed by atoms with Crippen LogP contribution in [-0.2, 0) is 11.2 Å². The summed E-state index contributed by atoms with van der Waals surface area (Å²) >= 11 is 1.60. The van der Waals surface area contributed by atoms with E-state index in [4.69, 9.17) is 0 Å². The number of thiazole rings is 1. The van der Waals surface area contributed by atoms with Crippen molar-refractivity contribution in [2.45, 2.75) is 39.0 Å². The summed E-state index contributed by atoms with van der Waals surface area (Å²) < 4.78 is 0. The van der Waals surface area contributed by atoms with Gasteiger partial charge in [-0.15, -0.1) is 11.3 Å². The Balaban J connectivity index is 1.41. The summed E-state index contributed by atoms with van der Waals surface area (Å²) in [5, 5.41) is 6.00. The summed E-state index contributed by atoms with van der Waals surface area (Å²) in [6.07, 6.45) is 5.40. The van der Waals surface area contributed by atoms with Crippen molar-refractivity contribution in [2.75, 3.05) is 26.2 Å². The molecule has 3 rings (SSSR count). The predicted molar refractivity (Wildman–Crippen MR) is 104 cm³/mol. The van der Waals surface area contributed by atoms with Gasteiger partial charge >= 0.3 is 0 Å². The molecule has 1 aliphatic rings. The van der Waals surface area contributed by atoms with E-state index in [0.717, 1.165) is 35.8 Å². The first-order chi connectivity index (χ1) is 12.2. The highest BCUT2D eigenvalue weighted by atomic mass is 32.1. The molecule has 1 fully saturated rings. The third-order valence-electron chi connectivity index (χ3n) is 4.58. The first kappa shape index (κ1) is 18.1. The molecule has 1 saturated heterocycles. The van der Waals surface area contributed by atoms with Gasteiger partial charge in [0, 0.05) is 17.5 Å². The maximum absolute atomic E-state index is 12.1. The minimum Gasteiger partial charge on any atom is -0.356 e. The average Bonchev–Trinajstić information content (AvgIpc) is 3.08. The number of piperidine rings is 1. The van der Waals surface area contributed by atoms with Gasteiger partial charge in [-0.1, -0.05) is 30.2 Å². The summed E-state index contributed by atoms with van der Waals surface area (Å²) in [6.45, 7) is 6.36. The standard InChI is InChI=1S/C20H27N3OS/c1-16-7-5-8-17(13-16)20-22-18(15-25-20)14-19(24)21-9-6-12-23-10-3-2-4-11-23/h5,7-8,13,15H,2-4,6,9-12,14H2,1H3,(H,21,24). The number of hydrogen-bond acceptors (Lipinski definition) is 4. The molecule has 1 aromatic heterocycles. The molecule has 0 spiro atoms. The van der Waals surface area contributed by atoms with Gasteiger partial charge in [0.25, 0.3) is 0 Å². The number of rotatable bonds is 7. The lowest BCUT2D eigenvalue weighted by atomic mass is 10.1. The van der Waals surface area contributed by atoms with E-state index < -0.39 is 0 Å². The van der Waals surface area contributed by atoms with E-state index in [9.17, 15) is 4.79 Å². The monoisotopic (exact) mass is 357 g/mol. The number of hydrogen-bond donors (Lipinski definition) is 1. The van der Waals surface area contributed by atoms with Crippen LogP contribution in [0.1, 0.15) is 36.9 Å². The highest BCUT2D eigenvalue weighted by Gasteiger charge is 2.11. The van der Waals surface area contributed by atoms with Crippen LogP contribution in [-0.4, -0.2) is 42.0 Å². The van der Waals surface area contributed by atoms with Gasteiger partial charge in [0.2, 0.25) is 5.91 Å². The number of aryl methyl sites for hydroxylation is 1. The maximum atomic E-state index is 12.1. The molecular formula is C20H27N3OS. The zero-order valence-corrected chi connectivity index (χ0v) is 15.8. The van der Waals surface area contributed by atoms with Gasteiger partial charge in [0.15, 0.2) is 0 Å². The third kappa shape index (κ3) is 5.65. The first-order valence-electron chi connectivity index (χ1n) is 9.21. The minimum absolute atomic E-state index is 0.0692. The number of amides is 1. The summed E-state index contributed by atoms with van der Waals surface area (Å²) in [5.74, 6) is 0.0692. The number of carbonyl (C=O) groups is 1. The van der Waals surface area contributed by atoms with E-state index in [1.165, 1.54) is 37.9 Å². The molecule has 1 N–H and O–H groups in total. The molecule has 1 aromatic carbocycles. The van der Waals surface area contributed by atoms with Crippen LogP contribution < -0.4 is 5.32 Å². The van der Waals surface area contributed by atoms with E-state index in [1.807, 2.05) is 11.4 Å². The van der Waals surface area contributed by atoms with Crippen LogP contribution in [0.4, 0.5) is 0 Å². The van der Waals surface area contributed by atoms with Crippen LogP contribution >= 0.6 is 11.3 Å². The van der Waals surface area contributed by atoms with Crippen LogP contribution in [0.25, 0.3) is 10.6 Å². The minimum atomic E-state index is 0.0692. The molecule has 2 heterocycles. The Labute approximate surface area is 154 Å². The number of nitrogens with one attached hydrogen (secondary N) is 1. The van der Waals surface area contributed by atoms with E-state index in [0.29, 0.717) is 6.42 Å². The number of nitrogens with zero attached hydrogens (tertiary/aromatic N) is 2. The normalized spacial score (nSPS) is 15.2. The van der Waals surface area contributed by atoms with Crippen molar-refractivity contribution in [3.8, 4) is 10.6 Å². The Morgan fingerprint density at radius 2 is 2.12 bits per heavy atom. The van der Waals surface area contributed by atoms with Gasteiger partial charge in [0.05, 0.1) is 12.1 Å². The van der Waals surface area contributed by atoms with E-state index in [-0.39, 0.29) is 5.91 Å². The molecule has 0 radical (unpaired) electrons. The highest BCUT2D eigenvalue weighted by Crippen LogP contribution is 2.24. The van der Waals surface area contributed by atoms with Crippen molar-refractivity contribution in [1.82, 2.24) is 15.2 Å². The molecular weight excluding hydrogens is 330 g/mol. The van der Waals surface area contributed by atoms with Crippen molar-refractivity contribution in [3.05, 3.63) is 40.9 Å². The zero-order valence-electron chi connectivity index (χ0n) is 15.0. The lowest BCUT2D eigenvalue weighted by molar-refractivity contribution is -0.120. The summed E-state index contributed by atoms with van der Waals surface area (Å²) in [7, 11) is 0. The lowest BCUT2D eigenvalue weighted by Gasteiger charge is -2.26. The Kier molecular flexibility index (Phi) is 6.59. The van der Waals surface area contributed by atoms with Crippen molar-refractivity contribution in [2.24, 2.45) is 0 Å². The van der Waals surface area contributed by atoms with Crippen LogP contribution in [0.2, 0.25) is 0 Å². The fraction of sp³-hybridized carbons (Fsp3) is 0.500. The Hall–Kier alpha value is -1.72. The number of likely N-dealkylation sites (tertiary alicyclic amines) is 1. The first-order valence-corrected chi connectivity index (χ1v) is 10.1. The topological polar surface area (TPSA) is 45.2 Å². The summed E-state index contributed by atoms with van der Waals surface area (Å²) in [5.41, 5.74) is 3.20. The van der Waals surface area contributed by atoms with Crippen molar-refractivity contribution >= 4 is 17.2 Å². The summed E-state index contributed by atoms with van der Waals surface area (Å²) in [4.78, 5) is 19.2. The molecule has 2 aromatic rings. The molecule has 1 aliphatic heterocycles. The molecule has 5 heteroatoms. The van der Waals surface area contributed by atoms with Gasteiger partial charge in [-0.25, -0.2) is 4.98 Å². The molecule has 1 amide bonds. The van der Waals surface area contributed by atoms with Gasteiger partial charge in [-0.2, -0.15) is 0 Å². The van der Waals surface area contributed by atoms with Crippen molar-refractivity contribution < 1.29 is 4.79 Å². The van der Waals surface area contributed by atoms with Gasteiger partial charge in [0.1, 0.15) is 5.01 Å². The molecule has 0 aliphatic carbocycles. The van der Waals surface area contributed by atoms with Crippen LogP contribution in [0, 0.1) is 6.92 Å².